The van der Waals surface area contributed by atoms with Crippen molar-refractivity contribution < 1.29 is 33.6 Å². The molecule has 0 aromatic rings. The number of hydrogen-bond donors (Lipinski definition) is 5. The summed E-state index contributed by atoms with van der Waals surface area (Å²) in [5, 5.41) is 11.4. The highest BCUT2D eigenvalue weighted by molar-refractivity contribution is 6.37. The van der Waals surface area contributed by atoms with Crippen LogP contribution in [0.2, 0.25) is 0 Å². The number of primary amides is 1. The van der Waals surface area contributed by atoms with Gasteiger partial charge in [-0.15, -0.1) is 0 Å². The van der Waals surface area contributed by atoms with Gasteiger partial charge in [0.05, 0.1) is 12.1 Å². The molecule has 2 unspecified atom stereocenters. The first-order valence-electron chi connectivity index (χ1n) is 18.9. The van der Waals surface area contributed by atoms with Gasteiger partial charge in [0.1, 0.15) is 12.1 Å². The summed E-state index contributed by atoms with van der Waals surface area (Å²) >= 11 is 0. The molecule has 2 spiro atoms. The number of nitrogens with zero attached hydrogens (tertiary/aromatic N) is 1. The van der Waals surface area contributed by atoms with Gasteiger partial charge >= 0.3 is 6.03 Å². The number of amides is 6. The molecular weight excluding hydrogens is 652 g/mol. The standard InChI is InChI=1S/C38H58N6O7/c1-21(2)25(18-29(46)40-24-13-7-8-14-28(24)45)42-35(51)43-31(36(4,5)6)34(50)44-20-38(22(3)37(38)15-10-16-37)19-27(44)33(49)41-26(30(47)32(39)48)17-23-11-9-12-23/h21,23-27,31H,3,7-20H2,1-2,4-6H3,(H2,39,48)(H,40,46)(H,41,49)(H2,42,43,51)/t24?,25-,26?,27+,31-,38-/m1/s1. The monoisotopic (exact) mass is 710 g/mol. The van der Waals surface area contributed by atoms with Crippen molar-refractivity contribution in [3.05, 3.63) is 12.2 Å². The number of fused-ring (bicyclic) bond motifs is 1. The largest absolute Gasteiger partial charge is 0.363 e. The van der Waals surface area contributed by atoms with Crippen LogP contribution in [-0.2, 0) is 28.8 Å². The molecule has 6 N–H and O–H groups in total. The molecule has 0 radical (unpaired) electrons. The Morgan fingerprint density at radius 1 is 0.941 bits per heavy atom. The number of hydrogen-bond acceptors (Lipinski definition) is 7. The molecule has 6 atom stereocenters. The van der Waals surface area contributed by atoms with Gasteiger partial charge in [-0.2, -0.15) is 0 Å². The average Bonchev–Trinajstić information content (AvgIpc) is 3.29. The Morgan fingerprint density at radius 3 is 2.14 bits per heavy atom. The van der Waals surface area contributed by atoms with E-state index in [1.807, 2.05) is 34.6 Å². The SMILES string of the molecule is C=C1C2(CCC2)[C@@]12C[C@@H](C(=O)NC(CC1CCC1)C(=O)C(N)=O)N(C(=O)[C@@H](NC(=O)N[C@H](CC(=O)NC1CCCCC1=O)C(C)C)C(C)(C)C)C2. The minimum atomic E-state index is -1.11. The number of likely N-dealkylation sites (tertiary alicyclic amines) is 1. The summed E-state index contributed by atoms with van der Waals surface area (Å²) in [6.45, 7) is 13.9. The predicted octanol–water partition coefficient (Wildman–Crippen LogP) is 2.80. The summed E-state index contributed by atoms with van der Waals surface area (Å²) in [6.07, 6.45) is 9.13. The molecular formula is C38H58N6O7. The van der Waals surface area contributed by atoms with Crippen LogP contribution in [0.5, 0.6) is 0 Å². The fraction of sp³-hybridized carbons (Fsp3) is 0.763. The van der Waals surface area contributed by atoms with Gasteiger partial charge < -0.3 is 31.9 Å². The van der Waals surface area contributed by atoms with Crippen molar-refractivity contribution in [1.82, 2.24) is 26.2 Å². The van der Waals surface area contributed by atoms with Crippen LogP contribution in [0.15, 0.2) is 12.2 Å². The summed E-state index contributed by atoms with van der Waals surface area (Å²) in [6, 6.07) is -4.77. The van der Waals surface area contributed by atoms with Gasteiger partial charge in [-0.3, -0.25) is 28.8 Å². The molecule has 51 heavy (non-hydrogen) atoms. The lowest BCUT2D eigenvalue weighted by atomic mass is 9.74. The lowest BCUT2D eigenvalue weighted by Crippen LogP contribution is -2.61. The maximum Gasteiger partial charge on any atom is 0.315 e. The number of carbonyl (C=O) groups is 7. The van der Waals surface area contributed by atoms with E-state index in [4.69, 9.17) is 5.73 Å². The third-order valence-electron chi connectivity index (χ3n) is 12.6. The van der Waals surface area contributed by atoms with E-state index in [0.29, 0.717) is 25.7 Å². The van der Waals surface area contributed by atoms with Gasteiger partial charge in [-0.1, -0.05) is 78.9 Å². The second kappa shape index (κ2) is 14.7. The summed E-state index contributed by atoms with van der Waals surface area (Å²) in [5.74, 6) is -3.14. The smallest absolute Gasteiger partial charge is 0.315 e. The number of urea groups is 1. The number of rotatable bonds is 13. The Balaban J connectivity index is 1.32. The number of nitrogens with two attached hydrogens (primary N) is 1. The Bertz CT molecular complexity index is 1460. The highest BCUT2D eigenvalue weighted by Gasteiger charge is 2.76. The molecule has 5 fully saturated rings. The third-order valence-corrected chi connectivity index (χ3v) is 12.6. The summed E-state index contributed by atoms with van der Waals surface area (Å²) < 4.78 is 0. The zero-order valence-electron chi connectivity index (χ0n) is 31.0. The van der Waals surface area contributed by atoms with Crippen LogP contribution in [0.4, 0.5) is 4.79 Å². The van der Waals surface area contributed by atoms with Crippen molar-refractivity contribution in [3.63, 3.8) is 0 Å². The van der Waals surface area contributed by atoms with Gasteiger partial charge in [-0.25, -0.2) is 4.79 Å². The van der Waals surface area contributed by atoms with Crippen molar-refractivity contribution in [2.45, 2.75) is 148 Å². The van der Waals surface area contributed by atoms with Gasteiger partial charge in [0.15, 0.2) is 5.78 Å². The van der Waals surface area contributed by atoms with Gasteiger partial charge in [0.25, 0.3) is 5.91 Å². The first-order valence-corrected chi connectivity index (χ1v) is 18.9. The topological polar surface area (TPSA) is 197 Å². The summed E-state index contributed by atoms with van der Waals surface area (Å²) in [4.78, 5) is 93.8. The molecule has 1 aliphatic heterocycles. The van der Waals surface area contributed by atoms with Gasteiger partial charge in [-0.05, 0) is 55.8 Å². The van der Waals surface area contributed by atoms with E-state index in [0.717, 1.165) is 56.9 Å². The first kappa shape index (κ1) is 38.5. The molecule has 0 aromatic carbocycles. The van der Waals surface area contributed by atoms with Gasteiger partial charge in [0.2, 0.25) is 23.5 Å². The summed E-state index contributed by atoms with van der Waals surface area (Å²) in [7, 11) is 0. The Kier molecular flexibility index (Phi) is 11.1. The van der Waals surface area contributed by atoms with Crippen molar-refractivity contribution in [3.8, 4) is 0 Å². The number of nitrogens with one attached hydrogen (secondary N) is 4. The Morgan fingerprint density at radius 2 is 1.63 bits per heavy atom. The third kappa shape index (κ3) is 7.72. The van der Waals surface area contributed by atoms with Crippen molar-refractivity contribution in [2.24, 2.45) is 33.8 Å². The molecule has 0 aromatic heterocycles. The maximum atomic E-state index is 14.6. The minimum Gasteiger partial charge on any atom is -0.363 e. The van der Waals surface area contributed by atoms with Crippen LogP contribution in [0.1, 0.15) is 118 Å². The second-order valence-electron chi connectivity index (χ2n) is 17.3. The van der Waals surface area contributed by atoms with Crippen molar-refractivity contribution >= 4 is 41.2 Å². The second-order valence-corrected chi connectivity index (χ2v) is 17.3. The van der Waals surface area contributed by atoms with Crippen LogP contribution in [-0.4, -0.2) is 82.9 Å². The first-order chi connectivity index (χ1) is 23.9. The molecule has 4 aliphatic carbocycles. The fourth-order valence-electron chi connectivity index (χ4n) is 8.90. The highest BCUT2D eigenvalue weighted by atomic mass is 16.2. The normalized spacial score (nSPS) is 27.2. The number of carbonyl (C=O) groups excluding carboxylic acids is 7. The molecule has 6 amide bonds. The van der Waals surface area contributed by atoms with E-state index in [1.165, 1.54) is 4.90 Å². The predicted molar refractivity (Wildman–Crippen MR) is 190 cm³/mol. The fourth-order valence-corrected chi connectivity index (χ4v) is 8.90. The molecule has 1 heterocycles. The van der Waals surface area contributed by atoms with E-state index in [-0.39, 0.29) is 41.9 Å². The van der Waals surface area contributed by atoms with Crippen molar-refractivity contribution in [2.75, 3.05) is 6.54 Å². The molecule has 5 aliphatic rings. The molecule has 13 heteroatoms. The lowest BCUT2D eigenvalue weighted by molar-refractivity contribution is -0.143. The molecule has 13 nitrogen and oxygen atoms in total. The van der Waals surface area contributed by atoms with E-state index >= 15 is 0 Å². The highest BCUT2D eigenvalue weighted by Crippen LogP contribution is 2.80. The van der Waals surface area contributed by atoms with Crippen LogP contribution in [0.25, 0.3) is 0 Å². The van der Waals surface area contributed by atoms with Crippen LogP contribution >= 0.6 is 0 Å². The average molecular weight is 711 g/mol. The lowest BCUT2D eigenvalue weighted by Gasteiger charge is -2.36. The zero-order chi connectivity index (χ0) is 37.5. The van der Waals surface area contributed by atoms with Crippen molar-refractivity contribution in [1.29, 1.82) is 0 Å². The Hall–Kier alpha value is -3.77. The quantitative estimate of drug-likeness (QED) is 0.143. The van der Waals surface area contributed by atoms with E-state index in [9.17, 15) is 33.6 Å². The van der Waals surface area contributed by atoms with Crippen LogP contribution in [0, 0.1) is 28.1 Å². The van der Waals surface area contributed by atoms with E-state index < -0.39 is 70.6 Å². The van der Waals surface area contributed by atoms with Crippen LogP contribution < -0.4 is 27.0 Å². The minimum absolute atomic E-state index is 0.0231. The van der Waals surface area contributed by atoms with Crippen LogP contribution in [0.3, 0.4) is 0 Å². The summed E-state index contributed by atoms with van der Waals surface area (Å²) in [5.41, 5.74) is 5.09. The molecule has 5 rings (SSSR count). The maximum absolute atomic E-state index is 14.6. The number of ketones is 2. The molecule has 1 saturated heterocycles. The molecule has 0 bridgehead atoms. The molecule has 4 saturated carbocycles. The molecule has 282 valence electrons. The van der Waals surface area contributed by atoms with Gasteiger partial charge in [0, 0.05) is 36.3 Å². The number of Topliss-reactive ketones (excluding diaryl/α,β-unsaturated/α-hetero) is 2. The Labute approximate surface area is 301 Å². The van der Waals surface area contributed by atoms with E-state index in [1.54, 1.807) is 0 Å². The zero-order valence-corrected chi connectivity index (χ0v) is 31.0. The van der Waals surface area contributed by atoms with E-state index in [2.05, 4.69) is 27.8 Å².